The van der Waals surface area contributed by atoms with Gasteiger partial charge in [0.15, 0.2) is 0 Å². The summed E-state index contributed by atoms with van der Waals surface area (Å²) in [7, 11) is 24.5. The van der Waals surface area contributed by atoms with Gasteiger partial charge in [0.1, 0.15) is 0 Å². The van der Waals surface area contributed by atoms with Crippen molar-refractivity contribution in [2.75, 3.05) is 0 Å². The summed E-state index contributed by atoms with van der Waals surface area (Å²) in [5.41, 5.74) is 0. The summed E-state index contributed by atoms with van der Waals surface area (Å²) < 4.78 is 0. The summed E-state index contributed by atoms with van der Waals surface area (Å²) in [5, 5.41) is 0. The first kappa shape index (κ1) is 12.5. The molecule has 0 rings (SSSR count). The van der Waals surface area contributed by atoms with E-state index < -0.39 is 12.3 Å². The molecule has 0 aliphatic heterocycles. The fourth-order valence-corrected chi connectivity index (χ4v) is 0. The van der Waals surface area contributed by atoms with Crippen molar-refractivity contribution in [3.63, 3.8) is 0 Å². The molecule has 49 valence electrons. The molecule has 0 aliphatic carbocycles. The van der Waals surface area contributed by atoms with Gasteiger partial charge in [0, 0.05) is 0 Å². The van der Waals surface area contributed by atoms with Gasteiger partial charge >= 0.3 is 77.3 Å². The van der Waals surface area contributed by atoms with Crippen molar-refractivity contribution < 1.29 is 30.5 Å². The van der Waals surface area contributed by atoms with Crippen LogP contribution < -0.4 is 0 Å². The molecule has 0 N–H and O–H groups in total. The average molecular weight is 332 g/mol. The Morgan fingerprint density at radius 2 is 0.857 bits per heavy atom. The van der Waals surface area contributed by atoms with Crippen LogP contribution in [0.15, 0.2) is 0 Å². The molecule has 0 nitrogen and oxygen atoms in total. The van der Waals surface area contributed by atoms with Crippen LogP contribution in [0.3, 0.4) is 0 Å². The average Bonchev–Trinajstić information content (AvgIpc) is 1.36. The van der Waals surface area contributed by atoms with Crippen molar-refractivity contribution in [2.45, 2.75) is 0 Å². The summed E-state index contributed by atoms with van der Waals surface area (Å²) in [4.78, 5) is 0. The van der Waals surface area contributed by atoms with Gasteiger partial charge in [-0.3, -0.25) is 0 Å². The Hall–Kier alpha value is 2.83. The number of halogens is 5. The van der Waals surface area contributed by atoms with Crippen molar-refractivity contribution in [3.8, 4) is 0 Å². The fourth-order valence-electron chi connectivity index (χ4n) is 0. The topological polar surface area (TPSA) is 0 Å². The standard InChI is InChI=1S/5ClH.Pd.Ti/h5*1H;;/q;;;;;+1;+4/p-5. The van der Waals surface area contributed by atoms with Gasteiger partial charge in [-0.2, -0.15) is 0 Å². The molecule has 0 amide bonds. The maximum absolute atomic E-state index is 5.01. The predicted molar refractivity (Wildman–Crippen MR) is 29.3 cm³/mol. The van der Waals surface area contributed by atoms with Crippen LogP contribution in [0.25, 0.3) is 0 Å². The predicted octanol–water partition coefficient (Wildman–Crippen LogP) is 3.44. The van der Waals surface area contributed by atoms with Crippen molar-refractivity contribution in [2.24, 2.45) is 0 Å². The zero-order chi connectivity index (χ0) is 6.50. The first-order valence-corrected chi connectivity index (χ1v) is 11.5. The Kier molecular flexibility index (Phi) is 12.4. The molecular formula is Cl5PdTi. The van der Waals surface area contributed by atoms with Crippen LogP contribution in [0.2, 0.25) is 0 Å². The normalized spacial score (nSPS) is 9.57. The molecule has 0 bridgehead atoms. The van der Waals surface area contributed by atoms with E-state index >= 15 is 0 Å². The van der Waals surface area contributed by atoms with Gasteiger partial charge in [0.25, 0.3) is 0 Å². The van der Waals surface area contributed by atoms with Gasteiger partial charge in [-0.05, 0) is 0 Å². The van der Waals surface area contributed by atoms with Gasteiger partial charge in [-0.25, -0.2) is 0 Å². The second-order valence-corrected chi connectivity index (χ2v) is 15.9. The molecule has 7 heteroatoms. The third kappa shape index (κ3) is 51.5. The molecule has 0 aromatic heterocycles. The summed E-state index contributed by atoms with van der Waals surface area (Å²) in [6.45, 7) is 0. The van der Waals surface area contributed by atoms with E-state index in [2.05, 4.69) is 27.7 Å². The first-order chi connectivity index (χ1) is 3.00. The summed E-state index contributed by atoms with van der Waals surface area (Å²) in [5.74, 6) is 0. The molecule has 0 aliphatic rings. The molecule has 7 heavy (non-hydrogen) atoms. The Morgan fingerprint density at radius 1 is 0.857 bits per heavy atom. The molecule has 0 unspecified atom stereocenters. The monoisotopic (exact) mass is 329 g/mol. The summed E-state index contributed by atoms with van der Waals surface area (Å²) >= 11 is -0.889. The maximum atomic E-state index is 5.01. The van der Waals surface area contributed by atoms with Crippen molar-refractivity contribution in [3.05, 3.63) is 0 Å². The number of rotatable bonds is 0. The van der Waals surface area contributed by atoms with Crippen LogP contribution in [-0.2, 0) is 30.5 Å². The van der Waals surface area contributed by atoms with E-state index in [0.29, 0.717) is 0 Å². The quantitative estimate of drug-likeness (QED) is 0.597. The molecule has 0 spiro atoms. The van der Waals surface area contributed by atoms with Gasteiger partial charge in [0.05, 0.1) is 0 Å². The molecular weight excluding hydrogens is 332 g/mol. The van der Waals surface area contributed by atoms with Crippen molar-refractivity contribution >= 4 is 46.7 Å². The third-order valence-corrected chi connectivity index (χ3v) is 0. The van der Waals surface area contributed by atoms with E-state index in [9.17, 15) is 0 Å². The van der Waals surface area contributed by atoms with Gasteiger partial charge < -0.3 is 0 Å². The van der Waals surface area contributed by atoms with Gasteiger partial charge in [0.2, 0.25) is 0 Å². The second-order valence-electron chi connectivity index (χ2n) is 0.429. The van der Waals surface area contributed by atoms with E-state index in [1.54, 1.807) is 0 Å². The van der Waals surface area contributed by atoms with Crippen LogP contribution in [0.1, 0.15) is 0 Å². The molecule has 0 saturated carbocycles. The Balaban J connectivity index is 0. The summed E-state index contributed by atoms with van der Waals surface area (Å²) in [6, 6.07) is 0. The molecule has 0 radical (unpaired) electrons. The molecule has 0 atom stereocenters. The third-order valence-electron chi connectivity index (χ3n) is 0. The van der Waals surface area contributed by atoms with E-state index in [1.807, 2.05) is 0 Å². The zero-order valence-electron chi connectivity index (χ0n) is 2.71. The Bertz CT molecular complexity index is 23.6. The molecule has 0 aromatic carbocycles. The van der Waals surface area contributed by atoms with Crippen molar-refractivity contribution in [1.82, 2.24) is 0 Å². The van der Waals surface area contributed by atoms with Gasteiger partial charge in [-0.1, -0.05) is 0 Å². The molecule has 0 heterocycles. The molecule has 0 saturated heterocycles. The van der Waals surface area contributed by atoms with Crippen LogP contribution in [-0.4, -0.2) is 0 Å². The molecule has 0 aromatic rings. The van der Waals surface area contributed by atoms with Crippen molar-refractivity contribution in [1.29, 1.82) is 0 Å². The van der Waals surface area contributed by atoms with Crippen LogP contribution in [0.4, 0.5) is 0 Å². The fraction of sp³-hybridized carbons (Fsp3) is 0. The first-order valence-electron chi connectivity index (χ1n) is 0.875. The van der Waals surface area contributed by atoms with E-state index in [4.69, 9.17) is 37.2 Å². The van der Waals surface area contributed by atoms with E-state index in [0.717, 1.165) is 0 Å². The van der Waals surface area contributed by atoms with Crippen LogP contribution >= 0.6 is 46.7 Å². The van der Waals surface area contributed by atoms with Crippen LogP contribution in [0, 0.1) is 0 Å². The SMILES string of the molecule is [Cl][Pd].[Cl][Ti]([Cl])([Cl])[Cl]. The second kappa shape index (κ2) is 6.94. The van der Waals surface area contributed by atoms with E-state index in [1.165, 1.54) is 0 Å². The van der Waals surface area contributed by atoms with E-state index in [-0.39, 0.29) is 0 Å². The zero-order valence-corrected chi connectivity index (χ0v) is 9.60. The number of hydrogen-bond acceptors (Lipinski definition) is 0. The Labute approximate surface area is 76.0 Å². The minimum absolute atomic E-state index is 2.22. The van der Waals surface area contributed by atoms with Gasteiger partial charge in [-0.15, -0.1) is 0 Å². The van der Waals surface area contributed by atoms with Crippen LogP contribution in [0.5, 0.6) is 0 Å². The summed E-state index contributed by atoms with van der Waals surface area (Å²) in [6.07, 6.45) is 0. The minimum atomic E-state index is -3.11. The molecule has 0 fully saturated rings. The number of hydrogen-bond donors (Lipinski definition) is 0. The Morgan fingerprint density at radius 3 is 0.857 bits per heavy atom.